The molecule has 0 spiro atoms. The second-order valence-corrected chi connectivity index (χ2v) is 15.1. The van der Waals surface area contributed by atoms with Crippen LogP contribution in [0.4, 0.5) is 0 Å². The van der Waals surface area contributed by atoms with Crippen LogP contribution in [0.15, 0.2) is 224 Å². The third kappa shape index (κ3) is 7.74. The average Bonchev–Trinajstić information content (AvgIpc) is 3.35. The average molecular weight is 781 g/mol. The summed E-state index contributed by atoms with van der Waals surface area (Å²) in [5, 5.41) is 13.5. The third-order valence-electron chi connectivity index (χ3n) is 11.1. The summed E-state index contributed by atoms with van der Waals surface area (Å²) in [7, 11) is 0. The number of nitrogens with one attached hydrogen (secondary N) is 2. The Morgan fingerprint density at radius 2 is 0.836 bits per heavy atom. The fraction of sp³-hybridized carbons (Fsp3) is 0. The van der Waals surface area contributed by atoms with Crippen molar-refractivity contribution in [1.29, 1.82) is 5.41 Å². The molecule has 1 aliphatic rings. The topological polar surface area (TPSA) is 61.7 Å². The molecule has 10 rings (SSSR count). The van der Waals surface area contributed by atoms with Crippen LogP contribution in [0.2, 0.25) is 0 Å². The van der Waals surface area contributed by atoms with Gasteiger partial charge in [0.15, 0.2) is 5.82 Å². The quantitative estimate of drug-likeness (QED) is 0.143. The third-order valence-corrected chi connectivity index (χ3v) is 11.1. The zero-order valence-corrected chi connectivity index (χ0v) is 33.3. The number of benzene rings is 8. The van der Waals surface area contributed by atoms with Gasteiger partial charge in [-0.05, 0) is 63.2 Å². The van der Waals surface area contributed by atoms with Gasteiger partial charge in [-0.3, -0.25) is 5.41 Å². The van der Waals surface area contributed by atoms with Crippen molar-refractivity contribution in [3.8, 4) is 56.2 Å². The molecule has 0 radical (unpaired) electrons. The van der Waals surface area contributed by atoms with Crippen molar-refractivity contribution in [2.75, 3.05) is 0 Å². The summed E-state index contributed by atoms with van der Waals surface area (Å²) in [6, 6.07) is 77.2. The summed E-state index contributed by atoms with van der Waals surface area (Å²) in [5.41, 5.74) is 17.5. The Bertz CT molecular complexity index is 3010. The molecule has 0 saturated heterocycles. The lowest BCUT2D eigenvalue weighted by atomic mass is 9.86. The summed E-state index contributed by atoms with van der Waals surface area (Å²) in [4.78, 5) is 10.1. The Hall–Kier alpha value is -8.21. The summed E-state index contributed by atoms with van der Waals surface area (Å²) in [6.45, 7) is 0. The van der Waals surface area contributed by atoms with Gasteiger partial charge in [-0.2, -0.15) is 0 Å². The molecule has 9 aromatic rings. The molecule has 8 aromatic carbocycles. The van der Waals surface area contributed by atoms with E-state index >= 15 is 0 Å². The van der Waals surface area contributed by atoms with Crippen molar-refractivity contribution in [3.63, 3.8) is 0 Å². The molecule has 61 heavy (non-hydrogen) atoms. The summed E-state index contributed by atoms with van der Waals surface area (Å²) in [5.74, 6) is 0.687. The fourth-order valence-corrected chi connectivity index (χ4v) is 7.99. The highest BCUT2D eigenvalue weighted by Gasteiger charge is 2.24. The SMILES string of the molecule is N=C(/C(=C1\NC(c2ccccc2)=Cc2ccc(-c3cccc(-c4ccc(-c5nc(-c6ccccc6)cc(-c6ccccc6)n5)cc4)c3)cc21)c1ccccc1)c1ccccc1. The molecule has 4 heteroatoms. The minimum Gasteiger partial charge on any atom is -0.354 e. The predicted octanol–water partition coefficient (Wildman–Crippen LogP) is 13.8. The van der Waals surface area contributed by atoms with Crippen LogP contribution >= 0.6 is 0 Å². The highest BCUT2D eigenvalue weighted by atomic mass is 14.9. The molecule has 0 aliphatic carbocycles. The van der Waals surface area contributed by atoms with E-state index in [-0.39, 0.29) is 0 Å². The summed E-state index contributed by atoms with van der Waals surface area (Å²) < 4.78 is 0. The number of hydrogen-bond donors (Lipinski definition) is 2. The summed E-state index contributed by atoms with van der Waals surface area (Å²) >= 11 is 0. The molecule has 0 saturated carbocycles. The first kappa shape index (κ1) is 37.1. The Kier molecular flexibility index (Phi) is 10.1. The van der Waals surface area contributed by atoms with Gasteiger partial charge in [0.25, 0.3) is 0 Å². The molecule has 2 N–H and O–H groups in total. The number of nitrogens with zero attached hydrogens (tertiary/aromatic N) is 2. The van der Waals surface area contributed by atoms with Crippen LogP contribution in [0.1, 0.15) is 27.8 Å². The maximum absolute atomic E-state index is 9.66. The van der Waals surface area contributed by atoms with Gasteiger partial charge >= 0.3 is 0 Å². The monoisotopic (exact) mass is 780 g/mol. The van der Waals surface area contributed by atoms with Crippen molar-refractivity contribution in [2.24, 2.45) is 0 Å². The number of rotatable bonds is 9. The van der Waals surface area contributed by atoms with Crippen molar-refractivity contribution in [1.82, 2.24) is 15.3 Å². The molecular weight excluding hydrogens is 741 g/mol. The van der Waals surface area contributed by atoms with E-state index in [2.05, 4.69) is 145 Å². The van der Waals surface area contributed by atoms with Gasteiger partial charge in [0.1, 0.15) is 0 Å². The second-order valence-electron chi connectivity index (χ2n) is 15.1. The highest BCUT2D eigenvalue weighted by Crippen LogP contribution is 2.39. The van der Waals surface area contributed by atoms with Gasteiger partial charge in [-0.25, -0.2) is 9.97 Å². The summed E-state index contributed by atoms with van der Waals surface area (Å²) in [6.07, 6.45) is 2.22. The van der Waals surface area contributed by atoms with E-state index in [1.165, 1.54) is 0 Å². The molecule has 1 aliphatic heterocycles. The van der Waals surface area contributed by atoms with E-state index in [4.69, 9.17) is 9.97 Å². The molecule has 0 fully saturated rings. The van der Waals surface area contributed by atoms with E-state index in [9.17, 15) is 5.41 Å². The maximum atomic E-state index is 9.66. The van der Waals surface area contributed by atoms with E-state index in [1.807, 2.05) is 91.0 Å². The lowest BCUT2D eigenvalue weighted by molar-refractivity contribution is 1.18. The second kappa shape index (κ2) is 16.6. The number of allylic oxidation sites excluding steroid dienone is 1. The van der Waals surface area contributed by atoms with Crippen molar-refractivity contribution >= 4 is 28.8 Å². The largest absolute Gasteiger partial charge is 0.354 e. The minimum absolute atomic E-state index is 0.457. The lowest BCUT2D eigenvalue weighted by Crippen LogP contribution is -2.20. The van der Waals surface area contributed by atoms with Gasteiger partial charge in [0, 0.05) is 39.1 Å². The Morgan fingerprint density at radius 3 is 1.43 bits per heavy atom. The van der Waals surface area contributed by atoms with Gasteiger partial charge in [0.2, 0.25) is 0 Å². The predicted molar refractivity (Wildman–Crippen MR) is 253 cm³/mol. The van der Waals surface area contributed by atoms with Gasteiger partial charge in [0.05, 0.1) is 22.8 Å². The zero-order valence-electron chi connectivity index (χ0n) is 33.3. The van der Waals surface area contributed by atoms with Crippen molar-refractivity contribution in [3.05, 3.63) is 252 Å². The van der Waals surface area contributed by atoms with Crippen LogP contribution in [-0.2, 0) is 0 Å². The lowest BCUT2D eigenvalue weighted by Gasteiger charge is -2.27. The molecule has 0 unspecified atom stereocenters. The van der Waals surface area contributed by atoms with Crippen LogP contribution in [0.3, 0.4) is 0 Å². The first-order chi connectivity index (χ1) is 30.1. The molecule has 0 atom stereocenters. The van der Waals surface area contributed by atoms with E-state index in [0.717, 1.165) is 95.1 Å². The van der Waals surface area contributed by atoms with E-state index in [0.29, 0.717) is 11.5 Å². The van der Waals surface area contributed by atoms with Crippen LogP contribution < -0.4 is 5.32 Å². The smallest absolute Gasteiger partial charge is 0.160 e. The van der Waals surface area contributed by atoms with E-state index < -0.39 is 0 Å². The number of aromatic nitrogens is 2. The van der Waals surface area contributed by atoms with E-state index in [1.54, 1.807) is 0 Å². The van der Waals surface area contributed by atoms with Gasteiger partial charge < -0.3 is 5.32 Å². The molecule has 288 valence electrons. The van der Waals surface area contributed by atoms with Crippen LogP contribution in [0.25, 0.3) is 79.2 Å². The molecule has 0 bridgehead atoms. The Morgan fingerprint density at radius 1 is 0.377 bits per heavy atom. The molecule has 0 amide bonds. The number of fused-ring (bicyclic) bond motifs is 1. The highest BCUT2D eigenvalue weighted by molar-refractivity contribution is 6.36. The standard InChI is InChI=1S/C57H40N4/c58-55(44-25-14-5-15-26-44)54(43-23-12-4-13-24-43)56-50-36-48(33-34-49(50)37-51(59-56)40-17-6-1-7-18-40)47-28-16-27-46(35-47)39-29-31-45(32-30-39)57-60-52(41-19-8-2-9-20-41)38-53(61-57)42-21-10-3-11-22-42/h1-38,58-59H/b56-54-,58-55?. The van der Waals surface area contributed by atoms with Crippen molar-refractivity contribution < 1.29 is 0 Å². The van der Waals surface area contributed by atoms with Crippen molar-refractivity contribution in [2.45, 2.75) is 0 Å². The molecular formula is C57H40N4. The first-order valence-corrected chi connectivity index (χ1v) is 20.5. The fourth-order valence-electron chi connectivity index (χ4n) is 7.99. The zero-order chi connectivity index (χ0) is 41.0. The molecule has 4 nitrogen and oxygen atoms in total. The van der Waals surface area contributed by atoms with Gasteiger partial charge in [-0.15, -0.1) is 0 Å². The Labute approximate surface area is 356 Å². The number of hydrogen-bond acceptors (Lipinski definition) is 4. The van der Waals surface area contributed by atoms with Crippen LogP contribution in [0, 0.1) is 5.41 Å². The molecule has 1 aromatic heterocycles. The maximum Gasteiger partial charge on any atom is 0.160 e. The normalized spacial score (nSPS) is 12.8. The Balaban J connectivity index is 1.04. The first-order valence-electron chi connectivity index (χ1n) is 20.5. The molecule has 2 heterocycles. The van der Waals surface area contributed by atoms with Crippen LogP contribution in [-0.4, -0.2) is 15.7 Å². The van der Waals surface area contributed by atoms with Crippen LogP contribution in [0.5, 0.6) is 0 Å². The minimum atomic E-state index is 0.457. The van der Waals surface area contributed by atoms with Gasteiger partial charge in [-0.1, -0.05) is 206 Å².